The van der Waals surface area contributed by atoms with Crippen molar-refractivity contribution in [2.45, 2.75) is 12.8 Å². The summed E-state index contributed by atoms with van der Waals surface area (Å²) >= 11 is 0. The molecule has 3 rings (SSSR count). The van der Waals surface area contributed by atoms with E-state index in [9.17, 15) is 17.6 Å². The molecular weight excluding hydrogens is 497 g/mol. The largest absolute Gasteiger partial charge is 2.00 e. The van der Waals surface area contributed by atoms with Crippen LogP contribution in [0.1, 0.15) is 11.4 Å². The molecule has 1 heterocycles. The van der Waals surface area contributed by atoms with Gasteiger partial charge < -0.3 is 24.8 Å². The van der Waals surface area contributed by atoms with Gasteiger partial charge in [0.05, 0.1) is 11.4 Å². The summed E-state index contributed by atoms with van der Waals surface area (Å²) < 4.78 is 52.8. The van der Waals surface area contributed by atoms with E-state index in [2.05, 4.69) is 15.0 Å². The third kappa shape index (κ3) is 8.79. The molecule has 164 valence electrons. The molecule has 0 amide bonds. The number of nitrogens with zero attached hydrogens (tertiary/aromatic N) is 3. The smallest absolute Gasteiger partial charge is 1.00 e. The maximum atomic E-state index is 13.5. The Hall–Kier alpha value is -2.25. The molecule has 3 aromatic rings. The summed E-state index contributed by atoms with van der Waals surface area (Å²) in [5.41, 5.74) is 1.49. The van der Waals surface area contributed by atoms with Crippen molar-refractivity contribution < 1.29 is 59.4 Å². The van der Waals surface area contributed by atoms with Crippen molar-refractivity contribution in [3.05, 3.63) is 89.3 Å². The zero-order chi connectivity index (χ0) is 19.9. The van der Waals surface area contributed by atoms with E-state index in [-0.39, 0.29) is 53.3 Å². The SMILES string of the molecule is Fc1ccc(N=CCc2cccc(CC=Nc3ccc(F)cc3F)n2)c(F)c1.[Cl-].[Cl-].[Fe+2]. The topological polar surface area (TPSA) is 37.6 Å². The van der Waals surface area contributed by atoms with Crippen LogP contribution in [0.2, 0.25) is 0 Å². The van der Waals surface area contributed by atoms with Crippen molar-refractivity contribution in [1.82, 2.24) is 4.98 Å². The second kappa shape index (κ2) is 13.9. The summed E-state index contributed by atoms with van der Waals surface area (Å²) in [5.74, 6) is -2.79. The van der Waals surface area contributed by atoms with Gasteiger partial charge in [0.15, 0.2) is 11.6 Å². The number of hydrogen-bond acceptors (Lipinski definition) is 3. The van der Waals surface area contributed by atoms with Gasteiger partial charge in [0, 0.05) is 48.8 Å². The quantitative estimate of drug-likeness (QED) is 0.251. The Kier molecular flexibility index (Phi) is 12.9. The van der Waals surface area contributed by atoms with Crippen LogP contribution in [0.4, 0.5) is 28.9 Å². The Morgan fingerprint density at radius 2 is 1.10 bits per heavy atom. The van der Waals surface area contributed by atoms with Crippen molar-refractivity contribution in [2.75, 3.05) is 0 Å². The van der Waals surface area contributed by atoms with Gasteiger partial charge in [-0.15, -0.1) is 0 Å². The Morgan fingerprint density at radius 1 is 0.677 bits per heavy atom. The number of benzene rings is 2. The van der Waals surface area contributed by atoms with Crippen molar-refractivity contribution in [3.63, 3.8) is 0 Å². The zero-order valence-electron chi connectivity index (χ0n) is 15.7. The third-order valence-electron chi connectivity index (χ3n) is 3.75. The summed E-state index contributed by atoms with van der Waals surface area (Å²) in [6, 6.07) is 11.7. The fourth-order valence-electron chi connectivity index (χ4n) is 2.40. The molecule has 0 bridgehead atoms. The third-order valence-corrected chi connectivity index (χ3v) is 3.75. The molecule has 0 N–H and O–H groups in total. The minimum Gasteiger partial charge on any atom is -1.00 e. The molecule has 0 aliphatic rings. The van der Waals surface area contributed by atoms with Crippen LogP contribution in [0.25, 0.3) is 0 Å². The first-order valence-corrected chi connectivity index (χ1v) is 8.41. The number of halogens is 6. The summed E-state index contributed by atoms with van der Waals surface area (Å²) in [6.07, 6.45) is 3.69. The average molecular weight is 512 g/mol. The molecule has 10 heteroatoms. The molecule has 1 aromatic heterocycles. The molecular formula is C21H15Cl2F4FeN3. The molecule has 0 saturated carbocycles. The fraction of sp³-hybridized carbons (Fsp3) is 0.0952. The first-order chi connectivity index (χ1) is 13.5. The van der Waals surface area contributed by atoms with Gasteiger partial charge in [0.1, 0.15) is 11.6 Å². The molecule has 0 atom stereocenters. The first-order valence-electron chi connectivity index (χ1n) is 8.41. The van der Waals surface area contributed by atoms with Gasteiger partial charge in [-0.3, -0.25) is 15.0 Å². The van der Waals surface area contributed by atoms with Crippen molar-refractivity contribution >= 4 is 23.8 Å². The zero-order valence-corrected chi connectivity index (χ0v) is 18.3. The number of hydrogen-bond donors (Lipinski definition) is 0. The van der Waals surface area contributed by atoms with Crippen LogP contribution in [0.5, 0.6) is 0 Å². The van der Waals surface area contributed by atoms with Gasteiger partial charge in [0.2, 0.25) is 0 Å². The Morgan fingerprint density at radius 3 is 1.48 bits per heavy atom. The van der Waals surface area contributed by atoms with Crippen molar-refractivity contribution in [3.8, 4) is 0 Å². The molecule has 0 spiro atoms. The van der Waals surface area contributed by atoms with E-state index in [0.29, 0.717) is 24.2 Å². The van der Waals surface area contributed by atoms with Crippen LogP contribution in [0.3, 0.4) is 0 Å². The molecule has 31 heavy (non-hydrogen) atoms. The van der Waals surface area contributed by atoms with Crippen molar-refractivity contribution in [1.29, 1.82) is 0 Å². The molecule has 0 fully saturated rings. The van der Waals surface area contributed by atoms with E-state index in [0.717, 1.165) is 24.3 Å². The summed E-state index contributed by atoms with van der Waals surface area (Å²) in [4.78, 5) is 12.4. The molecule has 3 nitrogen and oxygen atoms in total. The minimum absolute atomic E-state index is 0. The molecule has 0 aliphatic heterocycles. The van der Waals surface area contributed by atoms with E-state index < -0.39 is 23.3 Å². The number of aliphatic imine (C=N–C) groups is 2. The van der Waals surface area contributed by atoms with Gasteiger partial charge in [-0.1, -0.05) is 6.07 Å². The van der Waals surface area contributed by atoms with Gasteiger partial charge in [-0.2, -0.15) is 0 Å². The maximum Gasteiger partial charge on any atom is 2.00 e. The van der Waals surface area contributed by atoms with Crippen LogP contribution in [-0.2, 0) is 29.9 Å². The summed E-state index contributed by atoms with van der Waals surface area (Å²) in [5, 5.41) is 0. The predicted octanol–water partition coefficient (Wildman–Crippen LogP) is -0.467. The van der Waals surface area contributed by atoms with Crippen LogP contribution >= 0.6 is 0 Å². The number of pyridine rings is 1. The second-order valence-corrected chi connectivity index (χ2v) is 5.84. The normalized spacial score (nSPS) is 10.5. The summed E-state index contributed by atoms with van der Waals surface area (Å²) in [7, 11) is 0. The standard InChI is InChI=1S/C21H15F4N3.2ClH.Fe/c22-14-4-6-20(18(24)12-14)26-10-8-16-2-1-3-17(28-16)9-11-27-21-7-5-15(23)13-19(21)25;;;/h1-7,10-13H,8-9H2;2*1H;/q;;;+2/p-2. The number of aromatic nitrogens is 1. The van der Waals surface area contributed by atoms with Crippen LogP contribution in [0, 0.1) is 23.3 Å². The monoisotopic (exact) mass is 511 g/mol. The van der Waals surface area contributed by atoms with Crippen molar-refractivity contribution in [2.24, 2.45) is 9.98 Å². The summed E-state index contributed by atoms with van der Waals surface area (Å²) in [6.45, 7) is 0. The van der Waals surface area contributed by atoms with Gasteiger partial charge >= 0.3 is 17.1 Å². The van der Waals surface area contributed by atoms with E-state index in [1.807, 2.05) is 0 Å². The predicted molar refractivity (Wildman–Crippen MR) is 101 cm³/mol. The van der Waals surface area contributed by atoms with E-state index in [1.54, 1.807) is 18.2 Å². The Balaban J connectivity index is 0.00000300. The Bertz CT molecular complexity index is 970. The van der Waals surface area contributed by atoms with E-state index in [4.69, 9.17) is 0 Å². The van der Waals surface area contributed by atoms with Gasteiger partial charge in [-0.05, 0) is 36.4 Å². The molecule has 0 radical (unpaired) electrons. The van der Waals surface area contributed by atoms with Crippen LogP contribution in [0.15, 0.2) is 64.6 Å². The molecule has 2 aromatic carbocycles. The van der Waals surface area contributed by atoms with E-state index in [1.165, 1.54) is 24.6 Å². The number of rotatable bonds is 6. The van der Waals surface area contributed by atoms with E-state index >= 15 is 0 Å². The van der Waals surface area contributed by atoms with Gasteiger partial charge in [0.25, 0.3) is 0 Å². The van der Waals surface area contributed by atoms with Crippen LogP contribution in [-0.4, -0.2) is 17.4 Å². The molecule has 0 unspecified atom stereocenters. The average Bonchev–Trinajstić information content (AvgIpc) is 2.66. The second-order valence-electron chi connectivity index (χ2n) is 5.84. The minimum atomic E-state index is -0.734. The molecule has 0 aliphatic carbocycles. The maximum absolute atomic E-state index is 13.5. The van der Waals surface area contributed by atoms with Crippen LogP contribution < -0.4 is 24.8 Å². The fourth-order valence-corrected chi connectivity index (χ4v) is 2.40. The first kappa shape index (κ1) is 28.7. The Labute approximate surface area is 200 Å². The molecule has 0 saturated heterocycles. The van der Waals surface area contributed by atoms with Gasteiger partial charge in [-0.25, -0.2) is 17.6 Å².